The van der Waals surface area contributed by atoms with Crippen LogP contribution in [0.2, 0.25) is 0 Å². The molecular formula is C14H18N2O2. The zero-order valence-corrected chi connectivity index (χ0v) is 10.5. The molecule has 0 spiro atoms. The number of nitrogens with one attached hydrogen (secondary N) is 1. The Morgan fingerprint density at radius 2 is 2.17 bits per heavy atom. The number of hydrogen-bond donors (Lipinski definition) is 2. The van der Waals surface area contributed by atoms with E-state index >= 15 is 0 Å². The number of aromatic nitrogens is 1. The van der Waals surface area contributed by atoms with Crippen molar-refractivity contribution >= 4 is 10.8 Å². The normalized spacial score (nSPS) is 12.8. The Balaban J connectivity index is 1.99. The maximum atomic E-state index is 9.54. The summed E-state index contributed by atoms with van der Waals surface area (Å²) in [5, 5.41) is 15.1. The molecule has 96 valence electrons. The Morgan fingerprint density at radius 1 is 1.33 bits per heavy atom. The lowest BCUT2D eigenvalue weighted by Gasteiger charge is -2.11. The quantitative estimate of drug-likeness (QED) is 0.807. The van der Waals surface area contributed by atoms with E-state index in [1.165, 1.54) is 5.39 Å². The first-order valence-corrected chi connectivity index (χ1v) is 6.00. The van der Waals surface area contributed by atoms with Gasteiger partial charge in [-0.3, -0.25) is 4.98 Å². The first-order valence-electron chi connectivity index (χ1n) is 6.00. The van der Waals surface area contributed by atoms with Crippen molar-refractivity contribution in [1.82, 2.24) is 10.3 Å². The van der Waals surface area contributed by atoms with Gasteiger partial charge in [-0.25, -0.2) is 0 Å². The third-order valence-corrected chi connectivity index (χ3v) is 2.81. The molecule has 2 rings (SSSR count). The van der Waals surface area contributed by atoms with Crippen molar-refractivity contribution in [2.24, 2.45) is 0 Å². The van der Waals surface area contributed by atoms with Crippen LogP contribution in [0.4, 0.5) is 0 Å². The van der Waals surface area contributed by atoms with E-state index in [0.29, 0.717) is 19.7 Å². The summed E-state index contributed by atoms with van der Waals surface area (Å²) >= 11 is 0. The fourth-order valence-electron chi connectivity index (χ4n) is 1.94. The largest absolute Gasteiger partial charge is 0.389 e. The molecule has 1 heterocycles. The van der Waals surface area contributed by atoms with Gasteiger partial charge < -0.3 is 15.2 Å². The summed E-state index contributed by atoms with van der Waals surface area (Å²) in [6.07, 6.45) is 3.24. The molecule has 1 aromatic carbocycles. The molecule has 0 amide bonds. The number of benzene rings is 1. The number of rotatable bonds is 6. The number of ether oxygens (including phenoxy) is 1. The molecule has 0 aliphatic rings. The molecule has 18 heavy (non-hydrogen) atoms. The average Bonchev–Trinajstić information content (AvgIpc) is 2.39. The van der Waals surface area contributed by atoms with E-state index in [9.17, 15) is 5.11 Å². The maximum absolute atomic E-state index is 9.54. The molecule has 4 nitrogen and oxygen atoms in total. The van der Waals surface area contributed by atoms with Gasteiger partial charge in [0, 0.05) is 38.0 Å². The molecule has 2 aromatic rings. The predicted octanol–water partition coefficient (Wildman–Crippen LogP) is 1.33. The Labute approximate surface area is 107 Å². The van der Waals surface area contributed by atoms with Crippen LogP contribution < -0.4 is 5.32 Å². The third-order valence-electron chi connectivity index (χ3n) is 2.81. The second-order valence-electron chi connectivity index (χ2n) is 4.26. The van der Waals surface area contributed by atoms with E-state index in [1.54, 1.807) is 7.11 Å². The molecule has 0 bridgehead atoms. The molecule has 1 aromatic heterocycles. The molecule has 0 saturated carbocycles. The van der Waals surface area contributed by atoms with Crippen LogP contribution >= 0.6 is 0 Å². The zero-order chi connectivity index (χ0) is 12.8. The summed E-state index contributed by atoms with van der Waals surface area (Å²) < 4.78 is 4.87. The van der Waals surface area contributed by atoms with Crippen LogP contribution in [0.25, 0.3) is 10.8 Å². The number of pyridine rings is 1. The molecule has 1 atom stereocenters. The number of hydrogen-bond acceptors (Lipinski definition) is 4. The molecule has 0 aliphatic carbocycles. The van der Waals surface area contributed by atoms with E-state index in [2.05, 4.69) is 16.4 Å². The van der Waals surface area contributed by atoms with E-state index < -0.39 is 6.10 Å². The van der Waals surface area contributed by atoms with Crippen LogP contribution in [-0.2, 0) is 11.3 Å². The van der Waals surface area contributed by atoms with Gasteiger partial charge in [0.05, 0.1) is 12.7 Å². The second-order valence-corrected chi connectivity index (χ2v) is 4.26. The second kappa shape index (κ2) is 6.44. The van der Waals surface area contributed by atoms with Gasteiger partial charge in [-0.1, -0.05) is 24.3 Å². The molecule has 1 unspecified atom stereocenters. The standard InChI is InChI=1S/C14H18N2O2/c1-18-10-13(17)9-16-8-12-7-15-6-11-4-2-3-5-14(11)12/h2-7,13,16-17H,8-10H2,1H3. The average molecular weight is 246 g/mol. The van der Waals surface area contributed by atoms with Crippen LogP contribution in [0, 0.1) is 0 Å². The van der Waals surface area contributed by atoms with Gasteiger partial charge >= 0.3 is 0 Å². The van der Waals surface area contributed by atoms with E-state index in [0.717, 1.165) is 10.9 Å². The number of fused-ring (bicyclic) bond motifs is 1. The van der Waals surface area contributed by atoms with Crippen LogP contribution in [0.3, 0.4) is 0 Å². The van der Waals surface area contributed by atoms with Crippen LogP contribution in [0.15, 0.2) is 36.7 Å². The van der Waals surface area contributed by atoms with Gasteiger partial charge in [0.1, 0.15) is 0 Å². The summed E-state index contributed by atoms with van der Waals surface area (Å²) in [7, 11) is 1.58. The number of methoxy groups -OCH3 is 1. The summed E-state index contributed by atoms with van der Waals surface area (Å²) in [5.74, 6) is 0. The van der Waals surface area contributed by atoms with Crippen molar-refractivity contribution < 1.29 is 9.84 Å². The minimum atomic E-state index is -0.474. The SMILES string of the molecule is COCC(O)CNCc1cncc2ccccc12. The van der Waals surface area contributed by atoms with Gasteiger partial charge in [-0.15, -0.1) is 0 Å². The number of aliphatic hydroxyl groups is 1. The zero-order valence-electron chi connectivity index (χ0n) is 10.5. The lowest BCUT2D eigenvalue weighted by atomic mass is 10.1. The fourth-order valence-corrected chi connectivity index (χ4v) is 1.94. The summed E-state index contributed by atoms with van der Waals surface area (Å²) in [6.45, 7) is 1.55. The van der Waals surface area contributed by atoms with Crippen molar-refractivity contribution in [1.29, 1.82) is 0 Å². The van der Waals surface area contributed by atoms with E-state index in [1.807, 2.05) is 30.6 Å². The Morgan fingerprint density at radius 3 is 3.00 bits per heavy atom. The molecule has 0 radical (unpaired) electrons. The Kier molecular flexibility index (Phi) is 4.64. The summed E-state index contributed by atoms with van der Waals surface area (Å²) in [5.41, 5.74) is 1.14. The molecule has 4 heteroatoms. The van der Waals surface area contributed by atoms with Crippen molar-refractivity contribution in [3.63, 3.8) is 0 Å². The van der Waals surface area contributed by atoms with Crippen molar-refractivity contribution in [3.05, 3.63) is 42.2 Å². The van der Waals surface area contributed by atoms with Gasteiger partial charge in [0.25, 0.3) is 0 Å². The highest BCUT2D eigenvalue weighted by Gasteiger charge is 2.04. The third kappa shape index (κ3) is 3.26. The Bertz CT molecular complexity index is 497. The topological polar surface area (TPSA) is 54.4 Å². The van der Waals surface area contributed by atoms with Gasteiger partial charge in [-0.05, 0) is 10.9 Å². The van der Waals surface area contributed by atoms with Crippen molar-refractivity contribution in [2.75, 3.05) is 20.3 Å². The molecule has 0 aliphatic heterocycles. The minimum absolute atomic E-state index is 0.348. The minimum Gasteiger partial charge on any atom is -0.389 e. The van der Waals surface area contributed by atoms with Crippen molar-refractivity contribution in [2.45, 2.75) is 12.6 Å². The maximum Gasteiger partial charge on any atom is 0.0897 e. The monoisotopic (exact) mass is 246 g/mol. The van der Waals surface area contributed by atoms with E-state index in [4.69, 9.17) is 4.74 Å². The van der Waals surface area contributed by atoms with Gasteiger partial charge in [0.2, 0.25) is 0 Å². The number of aliphatic hydroxyl groups excluding tert-OH is 1. The van der Waals surface area contributed by atoms with Gasteiger partial charge in [0.15, 0.2) is 0 Å². The van der Waals surface area contributed by atoms with E-state index in [-0.39, 0.29) is 0 Å². The highest BCUT2D eigenvalue weighted by Crippen LogP contribution is 2.16. The first-order chi connectivity index (χ1) is 8.81. The fraction of sp³-hybridized carbons (Fsp3) is 0.357. The predicted molar refractivity (Wildman–Crippen MR) is 71.3 cm³/mol. The van der Waals surface area contributed by atoms with Crippen LogP contribution in [0.1, 0.15) is 5.56 Å². The van der Waals surface area contributed by atoms with Crippen LogP contribution in [0.5, 0.6) is 0 Å². The lowest BCUT2D eigenvalue weighted by molar-refractivity contribution is 0.0644. The first kappa shape index (κ1) is 13.0. The number of nitrogens with zero attached hydrogens (tertiary/aromatic N) is 1. The molecule has 0 saturated heterocycles. The molecule has 0 fully saturated rings. The van der Waals surface area contributed by atoms with Crippen molar-refractivity contribution in [3.8, 4) is 0 Å². The summed E-state index contributed by atoms with van der Waals surface area (Å²) in [4.78, 5) is 4.22. The highest BCUT2D eigenvalue weighted by atomic mass is 16.5. The smallest absolute Gasteiger partial charge is 0.0897 e. The van der Waals surface area contributed by atoms with Gasteiger partial charge in [-0.2, -0.15) is 0 Å². The molecular weight excluding hydrogens is 228 g/mol. The van der Waals surface area contributed by atoms with Crippen LogP contribution in [-0.4, -0.2) is 36.5 Å². The summed E-state index contributed by atoms with van der Waals surface area (Å²) in [6, 6.07) is 8.15. The highest BCUT2D eigenvalue weighted by molar-refractivity contribution is 5.84. The Hall–Kier alpha value is -1.49. The molecule has 2 N–H and O–H groups in total. The lowest BCUT2D eigenvalue weighted by Crippen LogP contribution is -2.29.